The van der Waals surface area contributed by atoms with E-state index in [1.807, 2.05) is 0 Å². The van der Waals surface area contributed by atoms with Crippen molar-refractivity contribution in [1.29, 1.82) is 0 Å². The van der Waals surface area contributed by atoms with Gasteiger partial charge in [0.1, 0.15) is 11.6 Å². The van der Waals surface area contributed by atoms with E-state index in [1.54, 1.807) is 29.7 Å². The molecular weight excluding hydrogens is 280 g/mol. The van der Waals surface area contributed by atoms with Crippen molar-refractivity contribution in [2.75, 3.05) is 18.8 Å². The highest BCUT2D eigenvalue weighted by molar-refractivity contribution is 7.99. The zero-order valence-electron chi connectivity index (χ0n) is 11.3. The number of allylic oxidation sites excluding steroid dienone is 1. The Morgan fingerprint density at radius 1 is 1.40 bits per heavy atom. The fourth-order valence-electron chi connectivity index (χ4n) is 2.25. The van der Waals surface area contributed by atoms with Crippen molar-refractivity contribution in [2.45, 2.75) is 18.6 Å². The van der Waals surface area contributed by atoms with Crippen LogP contribution in [0.15, 0.2) is 30.4 Å². The molecule has 2 rings (SSSR count). The molecule has 0 N–H and O–H groups in total. The van der Waals surface area contributed by atoms with E-state index in [2.05, 4.69) is 0 Å². The lowest BCUT2D eigenvalue weighted by Crippen LogP contribution is -2.31. The molecule has 0 aromatic heterocycles. The number of thioether (sulfide) groups is 1. The first-order chi connectivity index (χ1) is 9.61. The number of nitrogens with zero attached hydrogens (tertiary/aromatic N) is 1. The van der Waals surface area contributed by atoms with Gasteiger partial charge in [0.25, 0.3) is 0 Å². The summed E-state index contributed by atoms with van der Waals surface area (Å²) in [5.41, 5.74) is 0.398. The zero-order valence-corrected chi connectivity index (χ0v) is 12.1. The topological polar surface area (TPSA) is 20.3 Å². The van der Waals surface area contributed by atoms with Crippen LogP contribution >= 0.6 is 11.8 Å². The minimum Gasteiger partial charge on any atom is -0.338 e. The van der Waals surface area contributed by atoms with Crippen LogP contribution in [0.3, 0.4) is 0 Å². The van der Waals surface area contributed by atoms with Crippen LogP contribution < -0.4 is 0 Å². The van der Waals surface area contributed by atoms with E-state index in [0.29, 0.717) is 25.1 Å². The normalized spacial score (nSPS) is 20.1. The monoisotopic (exact) mass is 297 g/mol. The Morgan fingerprint density at radius 3 is 2.95 bits per heavy atom. The molecule has 1 atom stereocenters. The summed E-state index contributed by atoms with van der Waals surface area (Å²) in [6, 6.07) is 3.55. The average Bonchev–Trinajstić information content (AvgIpc) is 2.67. The lowest BCUT2D eigenvalue weighted by Gasteiger charge is -2.18. The van der Waals surface area contributed by atoms with Gasteiger partial charge in [0, 0.05) is 29.7 Å². The molecule has 2 nitrogen and oxygen atoms in total. The third-order valence-corrected chi connectivity index (χ3v) is 4.58. The van der Waals surface area contributed by atoms with E-state index >= 15 is 0 Å². The van der Waals surface area contributed by atoms with Gasteiger partial charge in [0.15, 0.2) is 0 Å². The zero-order chi connectivity index (χ0) is 14.5. The first-order valence-corrected chi connectivity index (χ1v) is 7.65. The van der Waals surface area contributed by atoms with E-state index in [4.69, 9.17) is 0 Å². The predicted molar refractivity (Wildman–Crippen MR) is 77.6 cm³/mol. The van der Waals surface area contributed by atoms with Crippen LogP contribution in [0.25, 0.3) is 0 Å². The molecular formula is C15H17F2NOS. The minimum atomic E-state index is -0.423. The summed E-state index contributed by atoms with van der Waals surface area (Å²) in [6.45, 7) is 3.01. The third kappa shape index (κ3) is 3.60. The molecule has 1 heterocycles. The number of benzene rings is 1. The molecule has 1 amide bonds. The van der Waals surface area contributed by atoms with Crippen LogP contribution in [0, 0.1) is 11.6 Å². The van der Waals surface area contributed by atoms with Gasteiger partial charge < -0.3 is 4.90 Å². The van der Waals surface area contributed by atoms with E-state index in [9.17, 15) is 13.6 Å². The summed E-state index contributed by atoms with van der Waals surface area (Å²) in [7, 11) is 0. The number of carbonyl (C=O) groups is 1. The van der Waals surface area contributed by atoms with Crippen LogP contribution in [-0.2, 0) is 4.79 Å². The van der Waals surface area contributed by atoms with Gasteiger partial charge in [-0.15, -0.1) is 0 Å². The molecule has 1 aromatic carbocycles. The van der Waals surface area contributed by atoms with Gasteiger partial charge >= 0.3 is 0 Å². The van der Waals surface area contributed by atoms with Gasteiger partial charge in [0.2, 0.25) is 5.91 Å². The van der Waals surface area contributed by atoms with Crippen molar-refractivity contribution < 1.29 is 13.6 Å². The van der Waals surface area contributed by atoms with E-state index in [1.165, 1.54) is 18.2 Å². The summed E-state index contributed by atoms with van der Waals surface area (Å²) in [5.74, 6) is -0.0946. The van der Waals surface area contributed by atoms with Crippen LogP contribution in [0.4, 0.5) is 8.78 Å². The molecule has 1 aromatic rings. The van der Waals surface area contributed by atoms with Crippen LogP contribution in [0.2, 0.25) is 0 Å². The quantitative estimate of drug-likeness (QED) is 0.778. The van der Waals surface area contributed by atoms with Gasteiger partial charge in [-0.1, -0.05) is 6.08 Å². The molecule has 20 heavy (non-hydrogen) atoms. The van der Waals surface area contributed by atoms with Crippen LogP contribution in [0.1, 0.15) is 24.2 Å². The Morgan fingerprint density at radius 2 is 2.20 bits per heavy atom. The van der Waals surface area contributed by atoms with Crippen molar-refractivity contribution >= 4 is 17.7 Å². The summed E-state index contributed by atoms with van der Waals surface area (Å²) >= 11 is 1.57. The van der Waals surface area contributed by atoms with Gasteiger partial charge in [-0.25, -0.2) is 8.78 Å². The minimum absolute atomic E-state index is 0.0199. The molecule has 0 bridgehead atoms. The number of hydrogen-bond donors (Lipinski definition) is 0. The standard InChI is InChI=1S/C15H17F2NOS/c1-2-3-15(19)18-7-6-14(20-9-8-18)12-10-11(16)4-5-13(12)17/h2-5,10,14H,6-9H2,1H3/b3-2+. The maximum Gasteiger partial charge on any atom is 0.246 e. The molecule has 1 saturated heterocycles. The highest BCUT2D eigenvalue weighted by Gasteiger charge is 2.23. The SMILES string of the molecule is C/C=C/C(=O)N1CCSC(c2cc(F)ccc2F)CC1. The Labute approximate surface area is 121 Å². The van der Waals surface area contributed by atoms with E-state index in [0.717, 1.165) is 11.8 Å². The second kappa shape index (κ2) is 6.88. The summed E-state index contributed by atoms with van der Waals surface area (Å²) in [6.07, 6.45) is 3.88. The summed E-state index contributed by atoms with van der Waals surface area (Å²) < 4.78 is 27.1. The smallest absolute Gasteiger partial charge is 0.246 e. The number of halogens is 2. The number of carbonyl (C=O) groups excluding carboxylic acids is 1. The Bertz CT molecular complexity index is 519. The number of amides is 1. The second-order valence-corrected chi connectivity index (χ2v) is 5.95. The van der Waals surface area contributed by atoms with Gasteiger partial charge in [-0.05, 0) is 37.6 Å². The fraction of sp³-hybridized carbons (Fsp3) is 0.400. The number of rotatable bonds is 2. The molecule has 1 unspecified atom stereocenters. The van der Waals surface area contributed by atoms with Crippen molar-refractivity contribution in [3.8, 4) is 0 Å². The van der Waals surface area contributed by atoms with Gasteiger partial charge in [-0.2, -0.15) is 11.8 Å². The molecule has 1 aliphatic rings. The molecule has 108 valence electrons. The van der Waals surface area contributed by atoms with Crippen molar-refractivity contribution in [3.63, 3.8) is 0 Å². The van der Waals surface area contributed by atoms with E-state index < -0.39 is 5.82 Å². The lowest BCUT2D eigenvalue weighted by atomic mass is 10.1. The Kier molecular flexibility index (Phi) is 5.17. The second-order valence-electron chi connectivity index (χ2n) is 4.64. The largest absolute Gasteiger partial charge is 0.338 e. The highest BCUT2D eigenvalue weighted by Crippen LogP contribution is 2.36. The van der Waals surface area contributed by atoms with Gasteiger partial charge in [0.05, 0.1) is 0 Å². The first-order valence-electron chi connectivity index (χ1n) is 6.60. The molecule has 1 aliphatic heterocycles. The van der Waals surface area contributed by atoms with Crippen LogP contribution in [-0.4, -0.2) is 29.6 Å². The van der Waals surface area contributed by atoms with Crippen molar-refractivity contribution in [3.05, 3.63) is 47.5 Å². The number of hydrogen-bond acceptors (Lipinski definition) is 2. The van der Waals surface area contributed by atoms with Crippen LogP contribution in [0.5, 0.6) is 0 Å². The molecule has 0 spiro atoms. The first kappa shape index (κ1) is 15.0. The summed E-state index contributed by atoms with van der Waals surface area (Å²) in [4.78, 5) is 13.6. The third-order valence-electron chi connectivity index (χ3n) is 3.27. The maximum atomic E-state index is 13.8. The van der Waals surface area contributed by atoms with Gasteiger partial charge in [-0.3, -0.25) is 4.79 Å². The molecule has 0 aliphatic carbocycles. The van der Waals surface area contributed by atoms with E-state index in [-0.39, 0.29) is 17.0 Å². The molecule has 5 heteroatoms. The molecule has 1 fully saturated rings. The average molecular weight is 297 g/mol. The van der Waals surface area contributed by atoms with Crippen molar-refractivity contribution in [1.82, 2.24) is 4.90 Å². The maximum absolute atomic E-state index is 13.8. The fourth-order valence-corrected chi connectivity index (χ4v) is 3.49. The highest BCUT2D eigenvalue weighted by atomic mass is 32.2. The Balaban J connectivity index is 2.09. The lowest BCUT2D eigenvalue weighted by molar-refractivity contribution is -0.125. The molecule has 0 saturated carbocycles. The summed E-state index contributed by atoms with van der Waals surface area (Å²) in [5, 5.41) is -0.103. The predicted octanol–water partition coefficient (Wildman–Crippen LogP) is 3.55. The van der Waals surface area contributed by atoms with Crippen molar-refractivity contribution in [2.24, 2.45) is 0 Å². The Hall–Kier alpha value is -1.36. The molecule has 0 radical (unpaired) electrons.